The molecule has 1 aromatic carbocycles. The molecular weight excluding hydrogens is 362 g/mol. The van der Waals surface area contributed by atoms with E-state index in [-0.39, 0.29) is 12.1 Å². The number of imidazole rings is 1. The van der Waals surface area contributed by atoms with Crippen molar-refractivity contribution in [2.24, 2.45) is 0 Å². The van der Waals surface area contributed by atoms with E-state index in [4.69, 9.17) is 4.98 Å². The number of nitrogens with zero attached hydrogens (tertiary/aromatic N) is 4. The minimum atomic E-state index is 0.0103. The van der Waals surface area contributed by atoms with Crippen LogP contribution >= 0.6 is 0 Å². The maximum absolute atomic E-state index is 12.7. The Morgan fingerprint density at radius 2 is 1.90 bits per heavy atom. The third-order valence-corrected chi connectivity index (χ3v) is 6.30. The van der Waals surface area contributed by atoms with E-state index >= 15 is 0 Å². The molecule has 1 unspecified atom stereocenters. The number of rotatable bonds is 4. The Balaban J connectivity index is 1.33. The van der Waals surface area contributed by atoms with Gasteiger partial charge in [-0.2, -0.15) is 0 Å². The normalized spacial score (nSPS) is 19.9. The number of pyridine rings is 1. The second-order valence-corrected chi connectivity index (χ2v) is 8.20. The first-order valence-corrected chi connectivity index (χ1v) is 10.7. The highest BCUT2D eigenvalue weighted by atomic mass is 16.2. The van der Waals surface area contributed by atoms with Crippen molar-refractivity contribution < 1.29 is 4.79 Å². The Labute approximate surface area is 171 Å². The zero-order valence-electron chi connectivity index (χ0n) is 16.6. The molecule has 6 nitrogen and oxygen atoms in total. The van der Waals surface area contributed by atoms with Crippen LogP contribution in [0.2, 0.25) is 0 Å². The number of aromatic nitrogens is 3. The van der Waals surface area contributed by atoms with Gasteiger partial charge in [-0.3, -0.25) is 0 Å². The van der Waals surface area contributed by atoms with Gasteiger partial charge in [0.05, 0.1) is 6.04 Å². The molecule has 2 aliphatic rings. The van der Waals surface area contributed by atoms with Crippen LogP contribution in [0.25, 0.3) is 11.2 Å². The lowest BCUT2D eigenvalue weighted by Crippen LogP contribution is -2.38. The number of carbonyl (C=O) groups excluding carboxylic acids is 1. The highest BCUT2D eigenvalue weighted by Gasteiger charge is 2.33. The molecule has 5 rings (SSSR count). The summed E-state index contributed by atoms with van der Waals surface area (Å²) in [5, 5.41) is 3.06. The van der Waals surface area contributed by atoms with Crippen LogP contribution in [-0.2, 0) is 6.54 Å². The molecule has 0 spiro atoms. The first-order valence-electron chi connectivity index (χ1n) is 10.7. The van der Waals surface area contributed by atoms with Crippen molar-refractivity contribution in [2.45, 2.75) is 50.6 Å². The number of carbonyl (C=O) groups is 1. The highest BCUT2D eigenvalue weighted by Crippen LogP contribution is 2.37. The molecule has 150 valence electrons. The fraction of sp³-hybridized carbons (Fsp3) is 0.435. The van der Waals surface area contributed by atoms with Crippen molar-refractivity contribution in [1.82, 2.24) is 24.8 Å². The molecule has 1 aliphatic heterocycles. The summed E-state index contributed by atoms with van der Waals surface area (Å²) in [6, 6.07) is 14.3. The topological polar surface area (TPSA) is 63.1 Å². The van der Waals surface area contributed by atoms with Crippen LogP contribution in [0.4, 0.5) is 4.79 Å². The minimum absolute atomic E-state index is 0.0103. The van der Waals surface area contributed by atoms with Gasteiger partial charge in [0.2, 0.25) is 0 Å². The Kier molecular flexibility index (Phi) is 4.92. The van der Waals surface area contributed by atoms with Crippen LogP contribution in [0.3, 0.4) is 0 Å². The van der Waals surface area contributed by atoms with Crippen LogP contribution in [-0.4, -0.2) is 38.6 Å². The zero-order valence-corrected chi connectivity index (χ0v) is 16.6. The van der Waals surface area contributed by atoms with Gasteiger partial charge >= 0.3 is 6.03 Å². The van der Waals surface area contributed by atoms with Crippen LogP contribution in [0.15, 0.2) is 48.7 Å². The first-order chi connectivity index (χ1) is 14.3. The molecule has 0 bridgehead atoms. The molecular formula is C23H27N5O. The second-order valence-electron chi connectivity index (χ2n) is 8.20. The van der Waals surface area contributed by atoms with Crippen molar-refractivity contribution in [2.75, 3.05) is 13.1 Å². The molecule has 1 saturated heterocycles. The quantitative estimate of drug-likeness (QED) is 0.726. The van der Waals surface area contributed by atoms with Crippen LogP contribution < -0.4 is 5.32 Å². The van der Waals surface area contributed by atoms with E-state index in [1.807, 2.05) is 47.5 Å². The molecule has 0 radical (unpaired) electrons. The van der Waals surface area contributed by atoms with Crippen LogP contribution in [0.1, 0.15) is 55.5 Å². The van der Waals surface area contributed by atoms with Crippen molar-refractivity contribution in [3.63, 3.8) is 0 Å². The van der Waals surface area contributed by atoms with Crippen LogP contribution in [0.5, 0.6) is 0 Å². The molecule has 2 amide bonds. The van der Waals surface area contributed by atoms with Gasteiger partial charge in [0.15, 0.2) is 5.65 Å². The third kappa shape index (κ3) is 3.59. The number of nitrogens with one attached hydrogen (secondary N) is 1. The summed E-state index contributed by atoms with van der Waals surface area (Å²) in [6.45, 7) is 2.04. The fourth-order valence-corrected chi connectivity index (χ4v) is 4.80. The molecule has 29 heavy (non-hydrogen) atoms. The van der Waals surface area contributed by atoms with E-state index in [1.54, 1.807) is 0 Å². The summed E-state index contributed by atoms with van der Waals surface area (Å²) in [7, 11) is 0. The number of hydrogen-bond donors (Lipinski definition) is 1. The second kappa shape index (κ2) is 7.85. The number of hydrogen-bond acceptors (Lipinski definition) is 3. The summed E-state index contributed by atoms with van der Waals surface area (Å²) in [5.41, 5.74) is 3.05. The van der Waals surface area contributed by atoms with Crippen LogP contribution in [0, 0.1) is 0 Å². The molecule has 1 N–H and O–H groups in total. The van der Waals surface area contributed by atoms with E-state index in [0.29, 0.717) is 19.0 Å². The van der Waals surface area contributed by atoms with Gasteiger partial charge in [-0.15, -0.1) is 0 Å². The Bertz CT molecular complexity index is 993. The number of amides is 2. The van der Waals surface area contributed by atoms with Gasteiger partial charge in [0.1, 0.15) is 11.3 Å². The Hall–Kier alpha value is -2.89. The lowest BCUT2D eigenvalue weighted by atomic mass is 10.1. The standard InChI is InChI=1S/C23H27N5O/c29-23(25-15-17-7-2-1-3-8-17)27-14-12-19(16-27)28-21(18-9-4-5-10-18)26-20-11-6-13-24-22(20)28/h1-3,6-8,11,13,18-19H,4-5,9-10,12,14-16H2,(H,25,29). The summed E-state index contributed by atoms with van der Waals surface area (Å²) >= 11 is 0. The van der Waals surface area contributed by atoms with Crippen molar-refractivity contribution in [1.29, 1.82) is 0 Å². The average molecular weight is 390 g/mol. The van der Waals surface area contributed by atoms with Crippen molar-refractivity contribution in [3.05, 3.63) is 60.0 Å². The number of likely N-dealkylation sites (tertiary alicyclic amines) is 1. The largest absolute Gasteiger partial charge is 0.334 e. The summed E-state index contributed by atoms with van der Waals surface area (Å²) in [6.07, 6.45) is 7.76. The molecule has 1 saturated carbocycles. The lowest BCUT2D eigenvalue weighted by Gasteiger charge is -2.21. The van der Waals surface area contributed by atoms with E-state index in [9.17, 15) is 4.79 Å². The summed E-state index contributed by atoms with van der Waals surface area (Å²) < 4.78 is 2.34. The maximum Gasteiger partial charge on any atom is 0.317 e. The van der Waals surface area contributed by atoms with E-state index in [0.717, 1.165) is 29.7 Å². The maximum atomic E-state index is 12.7. The van der Waals surface area contributed by atoms with Gasteiger partial charge in [0, 0.05) is 31.7 Å². The fourth-order valence-electron chi connectivity index (χ4n) is 4.80. The van der Waals surface area contributed by atoms with Gasteiger partial charge in [0.25, 0.3) is 0 Å². The molecule has 2 aromatic heterocycles. The van der Waals surface area contributed by atoms with Crippen molar-refractivity contribution >= 4 is 17.2 Å². The monoisotopic (exact) mass is 389 g/mol. The van der Waals surface area contributed by atoms with Gasteiger partial charge in [-0.05, 0) is 37.0 Å². The van der Waals surface area contributed by atoms with E-state index in [2.05, 4.69) is 20.9 Å². The predicted molar refractivity (Wildman–Crippen MR) is 113 cm³/mol. The molecule has 3 aromatic rings. The number of benzene rings is 1. The Morgan fingerprint density at radius 1 is 1.07 bits per heavy atom. The summed E-state index contributed by atoms with van der Waals surface area (Å²) in [5.74, 6) is 1.69. The van der Waals surface area contributed by atoms with E-state index < -0.39 is 0 Å². The molecule has 3 heterocycles. The SMILES string of the molecule is O=C(NCc1ccccc1)N1CCC(n2c(C3CCCC3)nc3cccnc32)C1. The number of fused-ring (bicyclic) bond motifs is 1. The minimum Gasteiger partial charge on any atom is -0.334 e. The van der Waals surface area contributed by atoms with Gasteiger partial charge < -0.3 is 14.8 Å². The highest BCUT2D eigenvalue weighted by molar-refractivity contribution is 5.75. The molecule has 6 heteroatoms. The zero-order chi connectivity index (χ0) is 19.6. The lowest BCUT2D eigenvalue weighted by molar-refractivity contribution is 0.206. The molecule has 1 atom stereocenters. The molecule has 2 fully saturated rings. The smallest absolute Gasteiger partial charge is 0.317 e. The Morgan fingerprint density at radius 3 is 2.72 bits per heavy atom. The first kappa shape index (κ1) is 18.2. The summed E-state index contributed by atoms with van der Waals surface area (Å²) in [4.78, 5) is 24.3. The third-order valence-electron chi connectivity index (χ3n) is 6.30. The predicted octanol–water partition coefficient (Wildman–Crippen LogP) is 4.25. The van der Waals surface area contributed by atoms with E-state index in [1.165, 1.54) is 31.5 Å². The number of urea groups is 1. The average Bonchev–Trinajstić information content (AvgIpc) is 3.51. The van der Waals surface area contributed by atoms with Crippen molar-refractivity contribution in [3.8, 4) is 0 Å². The van der Waals surface area contributed by atoms with Gasteiger partial charge in [-0.1, -0.05) is 43.2 Å². The van der Waals surface area contributed by atoms with Gasteiger partial charge in [-0.25, -0.2) is 14.8 Å². The molecule has 1 aliphatic carbocycles.